The molecule has 1 aliphatic rings. The Labute approximate surface area is 122 Å². The molecule has 0 radical (unpaired) electrons. The van der Waals surface area contributed by atoms with Crippen molar-refractivity contribution in [1.29, 1.82) is 0 Å². The molecule has 20 heavy (non-hydrogen) atoms. The van der Waals surface area contributed by atoms with Crippen LogP contribution in [0.4, 0.5) is 0 Å². The minimum absolute atomic E-state index is 0.0939. The molecule has 5 heteroatoms. The summed E-state index contributed by atoms with van der Waals surface area (Å²) in [5.74, 6) is 0.514. The van der Waals surface area contributed by atoms with Gasteiger partial charge in [0.2, 0.25) is 0 Å². The van der Waals surface area contributed by atoms with Gasteiger partial charge in [-0.15, -0.1) is 11.6 Å². The molecule has 1 saturated carbocycles. The minimum Gasteiger partial charge on any atom is -0.351 e. The highest BCUT2D eigenvalue weighted by molar-refractivity contribution is 6.18. The third-order valence-corrected chi connectivity index (χ3v) is 4.30. The topological polar surface area (TPSA) is 46.9 Å². The van der Waals surface area contributed by atoms with Crippen LogP contribution in [0.1, 0.15) is 23.2 Å². The first-order valence-electron chi connectivity index (χ1n) is 6.67. The predicted molar refractivity (Wildman–Crippen MR) is 78.3 cm³/mol. The van der Waals surface area contributed by atoms with E-state index >= 15 is 0 Å². The maximum absolute atomic E-state index is 12.1. The number of nitrogens with zero attached hydrogens (tertiary/aromatic N) is 2. The Balaban J connectivity index is 1.66. The summed E-state index contributed by atoms with van der Waals surface area (Å²) in [6.45, 7) is 0.645. The van der Waals surface area contributed by atoms with Gasteiger partial charge < -0.3 is 5.32 Å². The molecule has 2 aromatic rings. The number of carbonyl (C=O) groups excluding carboxylic acids is 1. The minimum atomic E-state index is -0.0939. The predicted octanol–water partition coefficient (Wildman–Crippen LogP) is 2.62. The van der Waals surface area contributed by atoms with Gasteiger partial charge >= 0.3 is 0 Å². The highest BCUT2D eigenvalue weighted by Gasteiger charge is 2.41. The summed E-state index contributed by atoms with van der Waals surface area (Å²) in [6.07, 6.45) is 5.52. The summed E-state index contributed by atoms with van der Waals surface area (Å²) in [4.78, 5) is 12.1. The van der Waals surface area contributed by atoms with Crippen LogP contribution >= 0.6 is 11.6 Å². The van der Waals surface area contributed by atoms with Crippen LogP contribution < -0.4 is 5.32 Å². The van der Waals surface area contributed by atoms with Crippen LogP contribution in [0.5, 0.6) is 0 Å². The smallest absolute Gasteiger partial charge is 0.254 e. The molecule has 1 fully saturated rings. The van der Waals surface area contributed by atoms with E-state index in [4.69, 9.17) is 11.6 Å². The first kappa shape index (κ1) is 13.2. The van der Waals surface area contributed by atoms with Crippen LogP contribution in [-0.2, 0) is 0 Å². The molecular weight excluding hydrogens is 274 g/mol. The third-order valence-electron chi connectivity index (χ3n) is 3.73. The van der Waals surface area contributed by atoms with Crippen molar-refractivity contribution in [3.8, 4) is 5.69 Å². The average Bonchev–Trinajstić information content (AvgIpc) is 3.12. The SMILES string of the molecule is O=C(NCC1(CCl)CC1)c1cnn(-c2ccccc2)c1. The summed E-state index contributed by atoms with van der Waals surface area (Å²) in [7, 11) is 0. The fraction of sp³-hybridized carbons (Fsp3) is 0.333. The number of rotatable bonds is 5. The number of nitrogens with one attached hydrogen (secondary N) is 1. The highest BCUT2D eigenvalue weighted by Crippen LogP contribution is 2.45. The van der Waals surface area contributed by atoms with Crippen LogP contribution in [0.25, 0.3) is 5.69 Å². The number of para-hydroxylation sites is 1. The van der Waals surface area contributed by atoms with Gasteiger partial charge in [0.1, 0.15) is 0 Å². The normalized spacial score (nSPS) is 15.8. The molecule has 0 spiro atoms. The van der Waals surface area contributed by atoms with Crippen molar-refractivity contribution >= 4 is 17.5 Å². The summed E-state index contributed by atoms with van der Waals surface area (Å²) in [5.41, 5.74) is 1.64. The zero-order valence-electron chi connectivity index (χ0n) is 11.1. The van der Waals surface area contributed by atoms with Gasteiger partial charge in [-0.1, -0.05) is 18.2 Å². The number of carbonyl (C=O) groups is 1. The standard InChI is InChI=1S/C15H16ClN3O/c16-10-15(6-7-15)11-17-14(20)12-8-18-19(9-12)13-4-2-1-3-5-13/h1-5,8-9H,6-7,10-11H2,(H,17,20). The van der Waals surface area contributed by atoms with Crippen LogP contribution in [0, 0.1) is 5.41 Å². The van der Waals surface area contributed by atoms with Crippen molar-refractivity contribution in [2.45, 2.75) is 12.8 Å². The molecule has 0 saturated heterocycles. The lowest BCUT2D eigenvalue weighted by molar-refractivity contribution is 0.0946. The first-order valence-corrected chi connectivity index (χ1v) is 7.20. The van der Waals surface area contributed by atoms with E-state index in [0.29, 0.717) is 18.0 Å². The summed E-state index contributed by atoms with van der Waals surface area (Å²) < 4.78 is 1.70. The number of benzene rings is 1. The largest absolute Gasteiger partial charge is 0.351 e. The lowest BCUT2D eigenvalue weighted by Crippen LogP contribution is -2.30. The first-order chi connectivity index (χ1) is 9.72. The second-order valence-corrected chi connectivity index (χ2v) is 5.59. The van der Waals surface area contributed by atoms with Gasteiger partial charge in [0.25, 0.3) is 5.91 Å². The molecular formula is C15H16ClN3O. The fourth-order valence-electron chi connectivity index (χ4n) is 2.07. The lowest BCUT2D eigenvalue weighted by atomic mass is 10.1. The van der Waals surface area contributed by atoms with Gasteiger partial charge in [0.05, 0.1) is 17.4 Å². The Morgan fingerprint density at radius 1 is 1.35 bits per heavy atom. The number of hydrogen-bond donors (Lipinski definition) is 1. The van der Waals surface area contributed by atoms with Crippen LogP contribution in [-0.4, -0.2) is 28.1 Å². The van der Waals surface area contributed by atoms with Gasteiger partial charge in [-0.05, 0) is 25.0 Å². The van der Waals surface area contributed by atoms with Gasteiger partial charge in [0.15, 0.2) is 0 Å². The summed E-state index contributed by atoms with van der Waals surface area (Å²) in [5, 5.41) is 7.16. The van der Waals surface area contributed by atoms with Crippen molar-refractivity contribution < 1.29 is 4.79 Å². The molecule has 1 N–H and O–H groups in total. The third kappa shape index (κ3) is 2.70. The molecule has 104 valence electrons. The van der Waals surface area contributed by atoms with E-state index in [1.165, 1.54) is 0 Å². The molecule has 0 unspecified atom stereocenters. The molecule has 4 nitrogen and oxygen atoms in total. The van der Waals surface area contributed by atoms with E-state index in [2.05, 4.69) is 10.4 Å². The number of halogens is 1. The Hall–Kier alpha value is -1.81. The maximum atomic E-state index is 12.1. The van der Waals surface area contributed by atoms with Crippen molar-refractivity contribution in [2.75, 3.05) is 12.4 Å². The van der Waals surface area contributed by atoms with E-state index in [0.717, 1.165) is 18.5 Å². The van der Waals surface area contributed by atoms with E-state index in [-0.39, 0.29) is 11.3 Å². The Bertz CT molecular complexity index is 605. The van der Waals surface area contributed by atoms with Gasteiger partial charge in [0, 0.05) is 24.0 Å². The summed E-state index contributed by atoms with van der Waals surface area (Å²) in [6, 6.07) is 9.72. The second kappa shape index (κ2) is 5.29. The van der Waals surface area contributed by atoms with Crippen LogP contribution in [0.3, 0.4) is 0 Å². The molecule has 0 aliphatic heterocycles. The monoisotopic (exact) mass is 289 g/mol. The van der Waals surface area contributed by atoms with Gasteiger partial charge in [-0.2, -0.15) is 5.10 Å². The molecule has 1 amide bonds. The maximum Gasteiger partial charge on any atom is 0.254 e. The molecule has 1 aromatic carbocycles. The number of aromatic nitrogens is 2. The van der Waals surface area contributed by atoms with Crippen LogP contribution in [0.2, 0.25) is 0 Å². The zero-order chi connectivity index (χ0) is 14.0. The second-order valence-electron chi connectivity index (χ2n) is 5.33. The Morgan fingerprint density at radius 2 is 2.10 bits per heavy atom. The van der Waals surface area contributed by atoms with E-state index in [9.17, 15) is 4.79 Å². The fourth-order valence-corrected chi connectivity index (χ4v) is 2.43. The van der Waals surface area contributed by atoms with E-state index < -0.39 is 0 Å². The number of hydrogen-bond acceptors (Lipinski definition) is 2. The quantitative estimate of drug-likeness (QED) is 0.860. The van der Waals surface area contributed by atoms with Gasteiger partial charge in [-0.3, -0.25) is 4.79 Å². The van der Waals surface area contributed by atoms with E-state index in [1.807, 2.05) is 30.3 Å². The number of alkyl halides is 1. The van der Waals surface area contributed by atoms with Gasteiger partial charge in [-0.25, -0.2) is 4.68 Å². The van der Waals surface area contributed by atoms with E-state index in [1.54, 1.807) is 17.1 Å². The van der Waals surface area contributed by atoms with Crippen LogP contribution in [0.15, 0.2) is 42.7 Å². The zero-order valence-corrected chi connectivity index (χ0v) is 11.8. The highest BCUT2D eigenvalue weighted by atomic mass is 35.5. The molecule has 1 aliphatic carbocycles. The molecule has 1 aromatic heterocycles. The molecule has 1 heterocycles. The Kier molecular flexibility index (Phi) is 3.49. The Morgan fingerprint density at radius 3 is 2.75 bits per heavy atom. The van der Waals surface area contributed by atoms with Crippen molar-refractivity contribution in [3.63, 3.8) is 0 Å². The number of amides is 1. The lowest BCUT2D eigenvalue weighted by Gasteiger charge is -2.11. The van der Waals surface area contributed by atoms with Crippen molar-refractivity contribution in [3.05, 3.63) is 48.3 Å². The van der Waals surface area contributed by atoms with Crippen molar-refractivity contribution in [2.24, 2.45) is 5.41 Å². The average molecular weight is 290 g/mol. The molecule has 0 bridgehead atoms. The molecule has 0 atom stereocenters. The molecule has 3 rings (SSSR count). The summed E-state index contributed by atoms with van der Waals surface area (Å²) >= 11 is 5.90. The van der Waals surface area contributed by atoms with Crippen molar-refractivity contribution in [1.82, 2.24) is 15.1 Å².